The lowest BCUT2D eigenvalue weighted by Crippen LogP contribution is -2.24. The third-order valence-electron chi connectivity index (χ3n) is 5.80. The third kappa shape index (κ3) is 4.47. The summed E-state index contributed by atoms with van der Waals surface area (Å²) >= 11 is 0. The first-order valence-electron chi connectivity index (χ1n) is 11.0. The highest BCUT2D eigenvalue weighted by Crippen LogP contribution is 2.49. The quantitative estimate of drug-likeness (QED) is 0.529. The first kappa shape index (κ1) is 24.0. The number of nitrogens with zero attached hydrogens (tertiary/aromatic N) is 2. The van der Waals surface area contributed by atoms with Crippen molar-refractivity contribution < 1.29 is 23.3 Å². The SMILES string of the molecule is COc1cc(C2C(C#N)=C(N)Oc3n[nH]c(C(C)(C)C)c32)cc(OC)c1OCc1ccc(F)cc1. The van der Waals surface area contributed by atoms with Crippen LogP contribution < -0.4 is 24.7 Å². The Bertz CT molecular complexity index is 1290. The number of fused-ring (bicyclic) bond motifs is 1. The van der Waals surface area contributed by atoms with Gasteiger partial charge in [0.2, 0.25) is 17.5 Å². The zero-order valence-electron chi connectivity index (χ0n) is 20.2. The summed E-state index contributed by atoms with van der Waals surface area (Å²) in [7, 11) is 3.04. The smallest absolute Gasteiger partial charge is 0.244 e. The van der Waals surface area contributed by atoms with Crippen LogP contribution in [0.2, 0.25) is 0 Å². The molecule has 0 saturated heterocycles. The first-order chi connectivity index (χ1) is 16.7. The van der Waals surface area contributed by atoms with E-state index in [0.29, 0.717) is 28.7 Å². The highest BCUT2D eigenvalue weighted by molar-refractivity contribution is 5.61. The summed E-state index contributed by atoms with van der Waals surface area (Å²) in [6, 6.07) is 11.8. The number of halogens is 1. The van der Waals surface area contributed by atoms with Crippen LogP contribution in [0.3, 0.4) is 0 Å². The predicted molar refractivity (Wildman–Crippen MR) is 127 cm³/mol. The maximum Gasteiger partial charge on any atom is 0.244 e. The summed E-state index contributed by atoms with van der Waals surface area (Å²) in [5.74, 6) is 0.633. The van der Waals surface area contributed by atoms with Gasteiger partial charge < -0.3 is 24.7 Å². The minimum atomic E-state index is -0.564. The van der Waals surface area contributed by atoms with Crippen molar-refractivity contribution in [3.05, 3.63) is 76.1 Å². The molecule has 2 aromatic carbocycles. The van der Waals surface area contributed by atoms with E-state index in [1.54, 1.807) is 24.3 Å². The van der Waals surface area contributed by atoms with Crippen LogP contribution in [-0.2, 0) is 12.0 Å². The summed E-state index contributed by atoms with van der Waals surface area (Å²) in [5.41, 5.74) is 9.10. The lowest BCUT2D eigenvalue weighted by molar-refractivity contribution is 0.265. The standard InChI is InChI=1S/C26H27FN4O4/c1-26(2,3)23-21-20(17(12-28)24(29)35-25(21)31-30-23)15-10-18(32-4)22(19(11-15)33-5)34-13-14-6-8-16(27)9-7-14/h6-11,20H,13,29H2,1-5H3,(H,30,31). The molecule has 0 saturated carbocycles. The van der Waals surface area contributed by atoms with Crippen LogP contribution in [0.25, 0.3) is 0 Å². The molecule has 0 aliphatic carbocycles. The largest absolute Gasteiger partial charge is 0.493 e. The number of hydrogen-bond acceptors (Lipinski definition) is 7. The van der Waals surface area contributed by atoms with Crippen molar-refractivity contribution in [1.29, 1.82) is 5.26 Å². The second-order valence-corrected chi connectivity index (χ2v) is 9.16. The number of ether oxygens (including phenoxy) is 4. The minimum absolute atomic E-state index is 0.00784. The average molecular weight is 479 g/mol. The lowest BCUT2D eigenvalue weighted by atomic mass is 9.78. The molecule has 182 valence electrons. The highest BCUT2D eigenvalue weighted by atomic mass is 19.1. The maximum absolute atomic E-state index is 13.2. The molecule has 8 nitrogen and oxygen atoms in total. The van der Waals surface area contributed by atoms with Crippen LogP contribution in [0.1, 0.15) is 49.1 Å². The number of nitrogens with two attached hydrogens (primary N) is 1. The second kappa shape index (κ2) is 9.22. The van der Waals surface area contributed by atoms with Gasteiger partial charge in [0.05, 0.1) is 25.7 Å². The van der Waals surface area contributed by atoms with E-state index in [1.165, 1.54) is 26.4 Å². The van der Waals surface area contributed by atoms with Crippen molar-refractivity contribution in [3.8, 4) is 29.2 Å². The molecule has 0 spiro atoms. The number of hydrogen-bond donors (Lipinski definition) is 2. The number of nitrogens with one attached hydrogen (secondary N) is 1. The van der Waals surface area contributed by atoms with E-state index in [9.17, 15) is 9.65 Å². The van der Waals surface area contributed by atoms with Gasteiger partial charge in [-0.2, -0.15) is 5.26 Å². The van der Waals surface area contributed by atoms with Gasteiger partial charge in [0, 0.05) is 11.1 Å². The van der Waals surface area contributed by atoms with Gasteiger partial charge in [-0.25, -0.2) is 4.39 Å². The average Bonchev–Trinajstić information content (AvgIpc) is 3.26. The topological polar surface area (TPSA) is 115 Å². The molecule has 0 fully saturated rings. The van der Waals surface area contributed by atoms with Gasteiger partial charge in [0.15, 0.2) is 11.5 Å². The van der Waals surface area contributed by atoms with Crippen LogP contribution in [-0.4, -0.2) is 24.4 Å². The van der Waals surface area contributed by atoms with Crippen molar-refractivity contribution in [2.45, 2.75) is 38.7 Å². The Morgan fingerprint density at radius 1 is 1.14 bits per heavy atom. The molecule has 3 aromatic rings. The number of H-pyrrole nitrogens is 1. The van der Waals surface area contributed by atoms with E-state index in [-0.39, 0.29) is 29.3 Å². The number of rotatable bonds is 6. The molecular weight excluding hydrogens is 451 g/mol. The molecule has 1 unspecified atom stereocenters. The van der Waals surface area contributed by atoms with Gasteiger partial charge in [0.25, 0.3) is 0 Å². The Balaban J connectivity index is 1.82. The summed E-state index contributed by atoms with van der Waals surface area (Å²) in [6.07, 6.45) is 0. The molecular formula is C26H27FN4O4. The number of methoxy groups -OCH3 is 2. The number of benzene rings is 2. The van der Waals surface area contributed by atoms with Crippen LogP contribution in [0.4, 0.5) is 4.39 Å². The van der Waals surface area contributed by atoms with Crippen molar-refractivity contribution in [3.63, 3.8) is 0 Å². The van der Waals surface area contributed by atoms with E-state index in [4.69, 9.17) is 24.7 Å². The van der Waals surface area contributed by atoms with E-state index in [2.05, 4.69) is 16.3 Å². The number of aromatic amines is 1. The van der Waals surface area contributed by atoms with E-state index in [1.807, 2.05) is 20.8 Å². The molecule has 3 N–H and O–H groups in total. The van der Waals surface area contributed by atoms with Crippen LogP contribution in [0.15, 0.2) is 47.9 Å². The van der Waals surface area contributed by atoms with Gasteiger partial charge >= 0.3 is 0 Å². The molecule has 4 rings (SSSR count). The minimum Gasteiger partial charge on any atom is -0.493 e. The molecule has 1 aliphatic heterocycles. The van der Waals surface area contributed by atoms with Gasteiger partial charge in [-0.1, -0.05) is 32.9 Å². The van der Waals surface area contributed by atoms with Gasteiger partial charge in [-0.3, -0.25) is 5.10 Å². The fourth-order valence-electron chi connectivity index (χ4n) is 4.10. The highest BCUT2D eigenvalue weighted by Gasteiger charge is 2.38. The molecule has 0 amide bonds. The van der Waals surface area contributed by atoms with Crippen molar-refractivity contribution in [2.24, 2.45) is 5.73 Å². The zero-order valence-corrected chi connectivity index (χ0v) is 20.2. The summed E-state index contributed by atoms with van der Waals surface area (Å²) in [4.78, 5) is 0. The first-order valence-corrected chi connectivity index (χ1v) is 11.0. The van der Waals surface area contributed by atoms with Gasteiger partial charge in [-0.15, -0.1) is 5.10 Å². The molecule has 1 aliphatic rings. The van der Waals surface area contributed by atoms with E-state index < -0.39 is 5.92 Å². The van der Waals surface area contributed by atoms with Crippen molar-refractivity contribution >= 4 is 0 Å². The zero-order chi connectivity index (χ0) is 25.3. The maximum atomic E-state index is 13.2. The monoisotopic (exact) mass is 478 g/mol. The Labute approximate surface area is 203 Å². The summed E-state index contributed by atoms with van der Waals surface area (Å²) < 4.78 is 36.2. The predicted octanol–water partition coefficient (Wildman–Crippen LogP) is 4.66. The van der Waals surface area contributed by atoms with Crippen LogP contribution in [0, 0.1) is 17.1 Å². The molecule has 35 heavy (non-hydrogen) atoms. The molecule has 9 heteroatoms. The third-order valence-corrected chi connectivity index (χ3v) is 5.80. The Kier molecular flexibility index (Phi) is 6.31. The molecule has 1 aromatic heterocycles. The van der Waals surface area contributed by atoms with Crippen molar-refractivity contribution in [2.75, 3.05) is 14.2 Å². The van der Waals surface area contributed by atoms with E-state index >= 15 is 0 Å². The summed E-state index contributed by atoms with van der Waals surface area (Å²) in [5, 5.41) is 17.3. The Morgan fingerprint density at radius 3 is 2.31 bits per heavy atom. The van der Waals surface area contributed by atoms with E-state index in [0.717, 1.165) is 16.8 Å². The number of aromatic nitrogens is 2. The summed E-state index contributed by atoms with van der Waals surface area (Å²) in [6.45, 7) is 6.30. The normalized spacial score (nSPS) is 15.2. The van der Waals surface area contributed by atoms with Gasteiger partial charge in [-0.05, 0) is 35.4 Å². The molecule has 0 bridgehead atoms. The Morgan fingerprint density at radius 2 is 1.77 bits per heavy atom. The molecule has 2 heterocycles. The van der Waals surface area contributed by atoms with Crippen LogP contribution in [0.5, 0.6) is 23.1 Å². The lowest BCUT2D eigenvalue weighted by Gasteiger charge is -2.28. The molecule has 1 atom stereocenters. The fraction of sp³-hybridized carbons (Fsp3) is 0.308. The number of allylic oxidation sites excluding steroid dienone is 1. The molecule has 0 radical (unpaired) electrons. The van der Waals surface area contributed by atoms with Gasteiger partial charge in [0.1, 0.15) is 24.1 Å². The fourth-order valence-corrected chi connectivity index (χ4v) is 4.10. The van der Waals surface area contributed by atoms with Crippen LogP contribution >= 0.6 is 0 Å². The number of nitriles is 1. The van der Waals surface area contributed by atoms with Crippen molar-refractivity contribution in [1.82, 2.24) is 10.2 Å². The second-order valence-electron chi connectivity index (χ2n) is 9.16. The Hall–Kier alpha value is -4.19.